The summed E-state index contributed by atoms with van der Waals surface area (Å²) in [6.07, 6.45) is 6.79. The second kappa shape index (κ2) is 14.5. The summed E-state index contributed by atoms with van der Waals surface area (Å²) < 4.78 is 6.17. The van der Waals surface area contributed by atoms with Crippen molar-refractivity contribution in [2.24, 2.45) is 11.8 Å². The van der Waals surface area contributed by atoms with E-state index in [-0.39, 0.29) is 30.3 Å². The number of rotatable bonds is 9. The molecule has 0 bridgehead atoms. The summed E-state index contributed by atoms with van der Waals surface area (Å²) in [6.45, 7) is 4.74. The highest BCUT2D eigenvalue weighted by atomic mass is 35.5. The molecule has 2 atom stereocenters. The third-order valence-corrected chi connectivity index (χ3v) is 9.50. The van der Waals surface area contributed by atoms with Gasteiger partial charge >= 0.3 is 5.97 Å². The quantitative estimate of drug-likeness (QED) is 0.316. The van der Waals surface area contributed by atoms with Crippen molar-refractivity contribution in [2.45, 2.75) is 51.2 Å². The molecule has 1 aromatic carbocycles. The summed E-state index contributed by atoms with van der Waals surface area (Å²) >= 11 is 12.6. The minimum absolute atomic E-state index is 0.0752. The predicted octanol–water partition coefficient (Wildman–Crippen LogP) is 5.13. The number of amides is 1. The third-order valence-electron chi connectivity index (χ3n) is 9.06. The Balaban J connectivity index is 1.13. The monoisotopic (exact) mass is 668 g/mol. The van der Waals surface area contributed by atoms with E-state index in [4.69, 9.17) is 38.0 Å². The Kier molecular flexibility index (Phi) is 10.2. The number of aliphatic carboxylic acids is 1. The summed E-state index contributed by atoms with van der Waals surface area (Å²) in [6, 6.07) is 9.18. The molecule has 2 aliphatic heterocycles. The van der Waals surface area contributed by atoms with Gasteiger partial charge in [0, 0.05) is 66.7 Å². The van der Waals surface area contributed by atoms with E-state index in [1.165, 1.54) is 0 Å². The zero-order valence-electron chi connectivity index (χ0n) is 25.5. The van der Waals surface area contributed by atoms with Crippen LogP contribution in [-0.2, 0) is 16.1 Å². The number of nitrogens with zero attached hydrogens (tertiary/aromatic N) is 6. The molecule has 3 fully saturated rings. The summed E-state index contributed by atoms with van der Waals surface area (Å²) in [5.74, 6) is 0.906. The molecular formula is C33H38Cl2N6O5. The van der Waals surface area contributed by atoms with Crippen LogP contribution in [0, 0.1) is 11.8 Å². The molecule has 6 rings (SSSR count). The van der Waals surface area contributed by atoms with Gasteiger partial charge in [0.1, 0.15) is 0 Å². The van der Waals surface area contributed by atoms with Crippen molar-refractivity contribution >= 4 is 41.0 Å². The maximum absolute atomic E-state index is 12.8. The summed E-state index contributed by atoms with van der Waals surface area (Å²) in [7, 11) is 0. The number of carboxylic acid groups (broad SMARTS) is 1. The molecule has 2 N–H and O–H groups in total. The van der Waals surface area contributed by atoms with Gasteiger partial charge in [0.25, 0.3) is 0 Å². The average molecular weight is 670 g/mol. The highest BCUT2D eigenvalue weighted by molar-refractivity contribution is 6.35. The molecule has 2 saturated heterocycles. The van der Waals surface area contributed by atoms with Crippen LogP contribution < -0.4 is 9.64 Å². The molecule has 0 spiro atoms. The Morgan fingerprint density at radius 2 is 1.59 bits per heavy atom. The van der Waals surface area contributed by atoms with Gasteiger partial charge in [-0.15, -0.1) is 0 Å². The number of aliphatic hydroxyl groups excluding tert-OH is 1. The van der Waals surface area contributed by atoms with Crippen molar-refractivity contribution in [3.05, 3.63) is 58.3 Å². The maximum atomic E-state index is 12.8. The number of halogens is 2. The number of piperidine rings is 1. The van der Waals surface area contributed by atoms with Crippen LogP contribution in [0.4, 0.5) is 5.95 Å². The number of aliphatic hydroxyl groups is 1. The summed E-state index contributed by atoms with van der Waals surface area (Å²) in [5.41, 5.74) is 2.41. The number of hydrogen-bond acceptors (Lipinski definition) is 9. The second-order valence-corrected chi connectivity index (χ2v) is 13.3. The van der Waals surface area contributed by atoms with Gasteiger partial charge in [-0.05, 0) is 80.9 Å². The molecule has 4 heterocycles. The minimum Gasteiger partial charge on any atom is -0.481 e. The first-order chi connectivity index (χ1) is 22.2. The Hall–Kier alpha value is -3.51. The summed E-state index contributed by atoms with van der Waals surface area (Å²) in [4.78, 5) is 44.1. The van der Waals surface area contributed by atoms with Crippen LogP contribution in [-0.4, -0.2) is 92.2 Å². The number of likely N-dealkylation sites (tertiary alicyclic amines) is 1. The molecule has 1 saturated carbocycles. The lowest BCUT2D eigenvalue weighted by molar-refractivity contribution is -0.138. The highest BCUT2D eigenvalue weighted by Gasteiger charge is 2.33. The van der Waals surface area contributed by atoms with Crippen molar-refractivity contribution in [3.63, 3.8) is 0 Å². The molecule has 11 nitrogen and oxygen atoms in total. The molecule has 46 heavy (non-hydrogen) atoms. The lowest BCUT2D eigenvalue weighted by atomic mass is 9.93. The second-order valence-electron chi connectivity index (χ2n) is 12.5. The minimum atomic E-state index is -0.743. The fraction of sp³-hybridized carbons (Fsp3) is 0.485. The molecule has 2 aromatic heterocycles. The molecule has 3 aliphatic rings. The van der Waals surface area contributed by atoms with E-state index in [0.29, 0.717) is 78.9 Å². The van der Waals surface area contributed by atoms with Crippen molar-refractivity contribution < 1.29 is 24.5 Å². The number of carbonyl (C=O) groups excluding carboxylic acids is 1. The standard InChI is InChI=1S/C33H38Cl2N6O5/c34-25-14-24(15-26(35)17-25)29-11-22(20-39-5-3-21(4-6-39)13-31(43)44)12-30(38-29)46-28-18-36-33(37-19-28)41-9-7-40(8-10-41)32(45)23-1-2-27(42)16-23/h11-12,14-15,17-19,21,23,27,42H,1-10,13,16,20H2,(H,43,44)/t23-,27+/m0/s1. The van der Waals surface area contributed by atoms with Crippen LogP contribution in [0.25, 0.3) is 11.3 Å². The van der Waals surface area contributed by atoms with Gasteiger partial charge in [0.15, 0.2) is 5.75 Å². The van der Waals surface area contributed by atoms with Crippen LogP contribution in [0.5, 0.6) is 11.6 Å². The molecule has 0 unspecified atom stereocenters. The van der Waals surface area contributed by atoms with E-state index < -0.39 is 5.97 Å². The number of piperazine rings is 1. The van der Waals surface area contributed by atoms with Crippen LogP contribution in [0.1, 0.15) is 44.1 Å². The van der Waals surface area contributed by atoms with E-state index in [1.807, 2.05) is 29.2 Å². The zero-order valence-corrected chi connectivity index (χ0v) is 27.0. The average Bonchev–Trinajstić information content (AvgIpc) is 3.47. The molecular weight excluding hydrogens is 631 g/mol. The van der Waals surface area contributed by atoms with E-state index in [9.17, 15) is 14.7 Å². The number of carboxylic acids is 1. The number of anilines is 1. The number of aromatic nitrogens is 3. The fourth-order valence-corrected chi connectivity index (χ4v) is 7.15. The molecule has 1 amide bonds. The van der Waals surface area contributed by atoms with Crippen LogP contribution in [0.2, 0.25) is 10.0 Å². The summed E-state index contributed by atoms with van der Waals surface area (Å²) in [5, 5.41) is 20.0. The largest absolute Gasteiger partial charge is 0.481 e. The Bertz CT molecular complexity index is 1520. The Labute approximate surface area is 278 Å². The number of benzene rings is 1. The van der Waals surface area contributed by atoms with Crippen LogP contribution in [0.15, 0.2) is 42.7 Å². The first-order valence-corrected chi connectivity index (χ1v) is 16.6. The van der Waals surface area contributed by atoms with Gasteiger partial charge in [-0.25, -0.2) is 15.0 Å². The van der Waals surface area contributed by atoms with E-state index in [2.05, 4.69) is 19.8 Å². The number of ether oxygens (including phenoxy) is 1. The van der Waals surface area contributed by atoms with Crippen LogP contribution in [0.3, 0.4) is 0 Å². The van der Waals surface area contributed by atoms with Crippen molar-refractivity contribution in [1.82, 2.24) is 24.8 Å². The molecule has 1 aliphatic carbocycles. The maximum Gasteiger partial charge on any atom is 0.303 e. The third kappa shape index (κ3) is 8.25. The zero-order chi connectivity index (χ0) is 32.2. The highest BCUT2D eigenvalue weighted by Crippen LogP contribution is 2.32. The van der Waals surface area contributed by atoms with E-state index in [1.54, 1.807) is 18.5 Å². The van der Waals surface area contributed by atoms with Crippen molar-refractivity contribution in [3.8, 4) is 22.9 Å². The van der Waals surface area contributed by atoms with Crippen molar-refractivity contribution in [2.75, 3.05) is 44.2 Å². The van der Waals surface area contributed by atoms with Crippen LogP contribution >= 0.6 is 23.2 Å². The van der Waals surface area contributed by atoms with Gasteiger partial charge in [-0.2, -0.15) is 0 Å². The van der Waals surface area contributed by atoms with Gasteiger partial charge < -0.3 is 24.7 Å². The van der Waals surface area contributed by atoms with E-state index >= 15 is 0 Å². The number of pyridine rings is 1. The van der Waals surface area contributed by atoms with Gasteiger partial charge in [-0.3, -0.25) is 14.5 Å². The predicted molar refractivity (Wildman–Crippen MR) is 174 cm³/mol. The smallest absolute Gasteiger partial charge is 0.303 e. The Morgan fingerprint density at radius 1 is 0.891 bits per heavy atom. The SMILES string of the molecule is O=C(O)CC1CCN(Cc2cc(Oc3cnc(N4CCN(C(=O)[C@H]5CC[C@@H](O)C5)CC4)nc3)nc(-c3cc(Cl)cc(Cl)c3)c2)CC1. The fourth-order valence-electron chi connectivity index (χ4n) is 6.62. The number of carbonyl (C=O) groups is 2. The van der Waals surface area contributed by atoms with E-state index in [0.717, 1.165) is 43.5 Å². The topological polar surface area (TPSA) is 132 Å². The van der Waals surface area contributed by atoms with Crippen molar-refractivity contribution in [1.29, 1.82) is 0 Å². The lowest BCUT2D eigenvalue weighted by Gasteiger charge is -2.35. The van der Waals surface area contributed by atoms with Gasteiger partial charge in [-0.1, -0.05) is 23.2 Å². The molecule has 3 aromatic rings. The Morgan fingerprint density at radius 3 is 2.22 bits per heavy atom. The first kappa shape index (κ1) is 32.4. The molecule has 244 valence electrons. The lowest BCUT2D eigenvalue weighted by Crippen LogP contribution is -2.50. The number of hydrogen-bond donors (Lipinski definition) is 2. The first-order valence-electron chi connectivity index (χ1n) is 15.8. The molecule has 13 heteroatoms. The normalized spacial score (nSPS) is 21.0. The molecule has 0 radical (unpaired) electrons. The van der Waals surface area contributed by atoms with Gasteiger partial charge in [0.05, 0.1) is 24.2 Å². The van der Waals surface area contributed by atoms with Gasteiger partial charge in [0.2, 0.25) is 17.7 Å².